The summed E-state index contributed by atoms with van der Waals surface area (Å²) in [7, 11) is 0. The van der Waals surface area contributed by atoms with Crippen molar-refractivity contribution >= 4 is 40.4 Å². The van der Waals surface area contributed by atoms with E-state index in [1.165, 1.54) is 5.56 Å². The second kappa shape index (κ2) is 10.7. The van der Waals surface area contributed by atoms with Gasteiger partial charge in [0, 0.05) is 25.2 Å². The Bertz CT molecular complexity index is 784. The van der Waals surface area contributed by atoms with Crippen LogP contribution >= 0.6 is 34.5 Å². The van der Waals surface area contributed by atoms with Crippen molar-refractivity contribution < 1.29 is 4.79 Å². The van der Waals surface area contributed by atoms with Gasteiger partial charge in [0.05, 0.1) is 5.56 Å². The Balaban J connectivity index is 1.38. The SMILES string of the molecule is Cc1cc(Cl)nc(Cl)c1C(=O)NCC[C@@H](C)N1CCC(NCc2ccsc2)CC1. The number of carbonyl (C=O) groups is 1. The molecule has 0 radical (unpaired) electrons. The van der Waals surface area contributed by atoms with Gasteiger partial charge in [-0.15, -0.1) is 0 Å². The Kier molecular flexibility index (Phi) is 8.33. The molecular weight excluding hydrogens is 427 g/mol. The van der Waals surface area contributed by atoms with Gasteiger partial charge in [0.25, 0.3) is 5.91 Å². The fourth-order valence-corrected chi connectivity index (χ4v) is 5.02. The summed E-state index contributed by atoms with van der Waals surface area (Å²) in [4.78, 5) is 18.9. The fourth-order valence-electron chi connectivity index (χ4n) is 3.73. The van der Waals surface area contributed by atoms with E-state index in [-0.39, 0.29) is 11.1 Å². The third-order valence-corrected chi connectivity index (χ3v) is 6.74. The molecule has 2 aromatic heterocycles. The molecule has 1 aliphatic rings. The van der Waals surface area contributed by atoms with Crippen molar-refractivity contribution in [3.63, 3.8) is 0 Å². The molecule has 0 spiro atoms. The van der Waals surface area contributed by atoms with E-state index in [9.17, 15) is 4.79 Å². The number of aromatic nitrogens is 1. The number of halogens is 2. The standard InChI is InChI=1S/C21H28Cl2N4OS/c1-14-11-18(22)26-20(23)19(14)21(28)24-7-3-15(2)27-8-4-17(5-9-27)25-12-16-6-10-29-13-16/h6,10-11,13,15,17,25H,3-5,7-9,12H2,1-2H3,(H,24,28)/t15-/m1/s1. The van der Waals surface area contributed by atoms with Crippen LogP contribution in [-0.2, 0) is 6.54 Å². The zero-order valence-electron chi connectivity index (χ0n) is 16.9. The second-order valence-electron chi connectivity index (χ2n) is 7.64. The molecule has 3 rings (SSSR count). The maximum absolute atomic E-state index is 12.5. The molecule has 1 aliphatic heterocycles. The van der Waals surface area contributed by atoms with Gasteiger partial charge in [-0.1, -0.05) is 23.2 Å². The highest BCUT2D eigenvalue weighted by atomic mass is 35.5. The summed E-state index contributed by atoms with van der Waals surface area (Å²) < 4.78 is 0. The summed E-state index contributed by atoms with van der Waals surface area (Å²) in [6.45, 7) is 7.78. The lowest BCUT2D eigenvalue weighted by Gasteiger charge is -2.36. The van der Waals surface area contributed by atoms with Crippen LogP contribution in [0.15, 0.2) is 22.9 Å². The monoisotopic (exact) mass is 454 g/mol. The molecule has 8 heteroatoms. The average Bonchev–Trinajstić information content (AvgIpc) is 3.19. The maximum Gasteiger partial charge on any atom is 0.254 e. The van der Waals surface area contributed by atoms with Crippen molar-refractivity contribution in [2.24, 2.45) is 0 Å². The lowest BCUT2D eigenvalue weighted by Crippen LogP contribution is -2.46. The van der Waals surface area contributed by atoms with Crippen LogP contribution < -0.4 is 10.6 Å². The highest BCUT2D eigenvalue weighted by Gasteiger charge is 2.23. The van der Waals surface area contributed by atoms with Crippen molar-refractivity contribution in [1.29, 1.82) is 0 Å². The number of nitrogens with zero attached hydrogens (tertiary/aromatic N) is 2. The number of piperidine rings is 1. The van der Waals surface area contributed by atoms with Crippen LogP contribution in [0.2, 0.25) is 10.3 Å². The van der Waals surface area contributed by atoms with Gasteiger partial charge in [-0.2, -0.15) is 11.3 Å². The summed E-state index contributed by atoms with van der Waals surface area (Å²) in [6, 6.07) is 4.84. The van der Waals surface area contributed by atoms with Gasteiger partial charge in [-0.05, 0) is 80.2 Å². The zero-order valence-corrected chi connectivity index (χ0v) is 19.2. The van der Waals surface area contributed by atoms with Crippen LogP contribution in [0.3, 0.4) is 0 Å². The van der Waals surface area contributed by atoms with Gasteiger partial charge >= 0.3 is 0 Å². The van der Waals surface area contributed by atoms with E-state index in [1.807, 2.05) is 6.92 Å². The highest BCUT2D eigenvalue weighted by Crippen LogP contribution is 2.21. The summed E-state index contributed by atoms with van der Waals surface area (Å²) in [5.74, 6) is -0.194. The van der Waals surface area contributed by atoms with E-state index in [0.717, 1.165) is 44.5 Å². The third-order valence-electron chi connectivity index (χ3n) is 5.54. The largest absolute Gasteiger partial charge is 0.352 e. The molecule has 158 valence electrons. The molecule has 29 heavy (non-hydrogen) atoms. The quantitative estimate of drug-likeness (QED) is 0.575. The number of hydrogen-bond donors (Lipinski definition) is 2. The number of carbonyl (C=O) groups excluding carboxylic acids is 1. The van der Waals surface area contributed by atoms with Crippen LogP contribution in [-0.4, -0.2) is 47.5 Å². The van der Waals surface area contributed by atoms with E-state index in [4.69, 9.17) is 23.2 Å². The second-order valence-corrected chi connectivity index (χ2v) is 9.17. The minimum Gasteiger partial charge on any atom is -0.352 e. The fraction of sp³-hybridized carbons (Fsp3) is 0.524. The summed E-state index contributed by atoms with van der Waals surface area (Å²) in [5, 5.41) is 11.4. The van der Waals surface area contributed by atoms with Crippen LogP contribution in [0.5, 0.6) is 0 Å². The average molecular weight is 455 g/mol. The summed E-state index contributed by atoms with van der Waals surface area (Å²) in [6.07, 6.45) is 3.22. The van der Waals surface area contributed by atoms with E-state index in [0.29, 0.717) is 29.3 Å². The molecule has 3 heterocycles. The number of pyridine rings is 1. The van der Waals surface area contributed by atoms with E-state index < -0.39 is 0 Å². The van der Waals surface area contributed by atoms with Crippen molar-refractivity contribution in [2.75, 3.05) is 19.6 Å². The topological polar surface area (TPSA) is 57.3 Å². The van der Waals surface area contributed by atoms with Crippen LogP contribution in [0.4, 0.5) is 0 Å². The first kappa shape index (κ1) is 22.5. The van der Waals surface area contributed by atoms with Crippen molar-refractivity contribution in [3.8, 4) is 0 Å². The normalized spacial score (nSPS) is 16.7. The molecule has 0 saturated carbocycles. The van der Waals surface area contributed by atoms with Gasteiger partial charge in [0.15, 0.2) is 0 Å². The molecule has 0 aromatic carbocycles. The Hall–Kier alpha value is -1.18. The zero-order chi connectivity index (χ0) is 20.8. The first-order valence-corrected chi connectivity index (χ1v) is 11.7. The molecule has 0 bridgehead atoms. The number of hydrogen-bond acceptors (Lipinski definition) is 5. The van der Waals surface area contributed by atoms with Gasteiger partial charge in [0.1, 0.15) is 10.3 Å². The number of nitrogens with one attached hydrogen (secondary N) is 2. The minimum atomic E-state index is -0.194. The van der Waals surface area contributed by atoms with E-state index in [1.54, 1.807) is 17.4 Å². The smallest absolute Gasteiger partial charge is 0.254 e. The molecule has 2 aromatic rings. The first-order valence-electron chi connectivity index (χ1n) is 10.0. The third kappa shape index (κ3) is 6.40. The molecule has 1 saturated heterocycles. The molecule has 1 atom stereocenters. The first-order chi connectivity index (χ1) is 13.9. The predicted octanol–water partition coefficient (Wildman–Crippen LogP) is 4.52. The summed E-state index contributed by atoms with van der Waals surface area (Å²) >= 11 is 13.7. The number of likely N-dealkylation sites (tertiary alicyclic amines) is 1. The molecule has 1 amide bonds. The van der Waals surface area contributed by atoms with Crippen molar-refractivity contribution in [3.05, 3.63) is 49.9 Å². The van der Waals surface area contributed by atoms with Gasteiger partial charge in [-0.25, -0.2) is 4.98 Å². The molecule has 0 unspecified atom stereocenters. The number of amides is 1. The Morgan fingerprint density at radius 2 is 2.14 bits per heavy atom. The Morgan fingerprint density at radius 1 is 1.38 bits per heavy atom. The highest BCUT2D eigenvalue weighted by molar-refractivity contribution is 7.07. The van der Waals surface area contributed by atoms with E-state index in [2.05, 4.69) is 44.3 Å². The van der Waals surface area contributed by atoms with Crippen LogP contribution in [0.1, 0.15) is 47.7 Å². The van der Waals surface area contributed by atoms with Crippen LogP contribution in [0, 0.1) is 6.92 Å². The van der Waals surface area contributed by atoms with Gasteiger partial charge in [0.2, 0.25) is 0 Å². The van der Waals surface area contributed by atoms with E-state index >= 15 is 0 Å². The molecule has 5 nitrogen and oxygen atoms in total. The molecule has 2 N–H and O–H groups in total. The Morgan fingerprint density at radius 3 is 2.79 bits per heavy atom. The number of thiophene rings is 1. The number of aryl methyl sites for hydroxylation is 1. The lowest BCUT2D eigenvalue weighted by molar-refractivity contribution is 0.0943. The molecule has 1 fully saturated rings. The number of rotatable bonds is 8. The van der Waals surface area contributed by atoms with Gasteiger partial charge < -0.3 is 15.5 Å². The minimum absolute atomic E-state index is 0.151. The van der Waals surface area contributed by atoms with Crippen molar-refractivity contribution in [2.45, 2.75) is 51.7 Å². The van der Waals surface area contributed by atoms with Crippen molar-refractivity contribution in [1.82, 2.24) is 20.5 Å². The predicted molar refractivity (Wildman–Crippen MR) is 121 cm³/mol. The lowest BCUT2D eigenvalue weighted by atomic mass is 10.0. The van der Waals surface area contributed by atoms with Gasteiger partial charge in [-0.3, -0.25) is 4.79 Å². The molecule has 0 aliphatic carbocycles. The van der Waals surface area contributed by atoms with Crippen LogP contribution in [0.25, 0.3) is 0 Å². The maximum atomic E-state index is 12.5. The Labute approximate surface area is 186 Å². The summed E-state index contributed by atoms with van der Waals surface area (Å²) in [5.41, 5.74) is 2.51. The molecular formula is C21H28Cl2N4OS.